The maximum atomic E-state index is 5.31. The topological polar surface area (TPSA) is 34.6 Å². The summed E-state index contributed by atoms with van der Waals surface area (Å²) in [6, 6.07) is 1.99. The Morgan fingerprint density at radius 3 is 2.90 bits per heavy atom. The van der Waals surface area contributed by atoms with E-state index >= 15 is 0 Å². The third-order valence-corrected chi connectivity index (χ3v) is 3.88. The summed E-state index contributed by atoms with van der Waals surface area (Å²) in [5, 5.41) is 0. The van der Waals surface area contributed by atoms with E-state index in [0.29, 0.717) is 0 Å². The molecule has 1 aliphatic rings. The van der Waals surface area contributed by atoms with Gasteiger partial charge in [-0.25, -0.2) is 0 Å². The quantitative estimate of drug-likeness (QED) is 0.791. The second-order valence-electron chi connectivity index (χ2n) is 4.66. The van der Waals surface area contributed by atoms with Gasteiger partial charge in [0.25, 0.3) is 0 Å². The molecule has 5 heteroatoms. The summed E-state index contributed by atoms with van der Waals surface area (Å²) >= 11 is 3.52. The fraction of sp³-hybridized carbons (Fsp3) is 0.533. The third-order valence-electron chi connectivity index (χ3n) is 3.25. The summed E-state index contributed by atoms with van der Waals surface area (Å²) in [7, 11) is 1.68. The van der Waals surface area contributed by atoms with Crippen molar-refractivity contribution in [2.45, 2.75) is 13.0 Å². The predicted molar refractivity (Wildman–Crippen MR) is 81.5 cm³/mol. The van der Waals surface area contributed by atoms with E-state index in [4.69, 9.17) is 9.47 Å². The zero-order valence-corrected chi connectivity index (χ0v) is 13.4. The molecule has 1 fully saturated rings. The number of rotatable bonds is 3. The second-order valence-corrected chi connectivity index (χ2v) is 5.51. The van der Waals surface area contributed by atoms with E-state index in [2.05, 4.69) is 37.7 Å². The van der Waals surface area contributed by atoms with E-state index in [0.717, 1.165) is 48.6 Å². The van der Waals surface area contributed by atoms with Crippen molar-refractivity contribution < 1.29 is 9.47 Å². The number of hydrogen-bond donors (Lipinski definition) is 0. The van der Waals surface area contributed by atoms with Crippen molar-refractivity contribution in [1.82, 2.24) is 9.88 Å². The van der Waals surface area contributed by atoms with Crippen molar-refractivity contribution in [2.24, 2.45) is 0 Å². The lowest BCUT2D eigenvalue weighted by atomic mass is 10.2. The van der Waals surface area contributed by atoms with Gasteiger partial charge in [-0.3, -0.25) is 9.88 Å². The smallest absolute Gasteiger partial charge is 0.0974 e. The molecule has 1 aliphatic heterocycles. The Hall–Kier alpha value is -0.930. The summed E-state index contributed by atoms with van der Waals surface area (Å²) in [5.74, 6) is 6.34. The van der Waals surface area contributed by atoms with Crippen LogP contribution in [0.5, 0.6) is 0 Å². The maximum Gasteiger partial charge on any atom is 0.0974 e. The van der Waals surface area contributed by atoms with Crippen LogP contribution in [0.4, 0.5) is 0 Å². The lowest BCUT2D eigenvalue weighted by Gasteiger charge is -2.24. The Balaban J connectivity index is 1.98. The Kier molecular flexibility index (Phi) is 5.99. The first-order valence-corrected chi connectivity index (χ1v) is 7.47. The Morgan fingerprint density at radius 2 is 2.25 bits per heavy atom. The van der Waals surface area contributed by atoms with Gasteiger partial charge in [0.05, 0.1) is 31.6 Å². The number of pyridine rings is 1. The molecule has 0 bridgehead atoms. The van der Waals surface area contributed by atoms with Crippen LogP contribution >= 0.6 is 15.9 Å². The highest BCUT2D eigenvalue weighted by Gasteiger charge is 2.10. The van der Waals surface area contributed by atoms with Crippen molar-refractivity contribution in [3.8, 4) is 11.8 Å². The highest BCUT2D eigenvalue weighted by molar-refractivity contribution is 9.10. The number of nitrogens with zero attached hydrogens (tertiary/aromatic N) is 2. The lowest BCUT2D eigenvalue weighted by molar-refractivity contribution is 0.0443. The van der Waals surface area contributed by atoms with Gasteiger partial charge in [-0.05, 0) is 28.9 Å². The monoisotopic (exact) mass is 338 g/mol. The van der Waals surface area contributed by atoms with Crippen LogP contribution in [0, 0.1) is 11.8 Å². The van der Waals surface area contributed by atoms with Gasteiger partial charge >= 0.3 is 0 Å². The average Bonchev–Trinajstić information content (AvgIpc) is 2.48. The van der Waals surface area contributed by atoms with Gasteiger partial charge in [0.2, 0.25) is 0 Å². The van der Waals surface area contributed by atoms with Gasteiger partial charge in [-0.1, -0.05) is 11.8 Å². The highest BCUT2D eigenvalue weighted by Crippen LogP contribution is 2.23. The van der Waals surface area contributed by atoms with Crippen molar-refractivity contribution in [1.29, 1.82) is 0 Å². The first kappa shape index (κ1) is 15.5. The molecule has 1 unspecified atom stereocenters. The van der Waals surface area contributed by atoms with Crippen LogP contribution in [0.2, 0.25) is 0 Å². The highest BCUT2D eigenvalue weighted by atomic mass is 79.9. The van der Waals surface area contributed by atoms with Gasteiger partial charge in [0.15, 0.2) is 0 Å². The van der Waals surface area contributed by atoms with Crippen LogP contribution in [-0.2, 0) is 9.47 Å². The Bertz CT molecular complexity index is 504. The maximum absolute atomic E-state index is 5.31. The average molecular weight is 339 g/mol. The molecule has 20 heavy (non-hydrogen) atoms. The molecule has 4 nitrogen and oxygen atoms in total. The number of morpholine rings is 1. The normalized spacial score (nSPS) is 17.4. The molecule has 0 saturated carbocycles. The fourth-order valence-corrected chi connectivity index (χ4v) is 2.61. The van der Waals surface area contributed by atoms with Gasteiger partial charge < -0.3 is 9.47 Å². The van der Waals surface area contributed by atoms with Gasteiger partial charge in [0, 0.05) is 36.4 Å². The third kappa shape index (κ3) is 4.29. The van der Waals surface area contributed by atoms with Gasteiger partial charge in [-0.15, -0.1) is 0 Å². The molecule has 0 N–H and O–H groups in total. The molecule has 1 aromatic rings. The van der Waals surface area contributed by atoms with E-state index in [1.54, 1.807) is 13.3 Å². The second kappa shape index (κ2) is 7.75. The lowest BCUT2D eigenvalue weighted by Crippen LogP contribution is -2.36. The molecular formula is C15H19BrN2O2. The molecule has 0 radical (unpaired) electrons. The van der Waals surface area contributed by atoms with Crippen LogP contribution < -0.4 is 0 Å². The molecule has 1 aromatic heterocycles. The standard InChI is InChI=1S/C15H19BrN2O2/c1-12(19-2)15-14(16)10-13(11-17-15)4-3-5-18-6-8-20-9-7-18/h10-12H,5-9H2,1-2H3. The minimum Gasteiger partial charge on any atom is -0.379 e. The zero-order chi connectivity index (χ0) is 14.4. The largest absolute Gasteiger partial charge is 0.379 e. The molecule has 0 aromatic carbocycles. The summed E-state index contributed by atoms with van der Waals surface area (Å²) in [5.41, 5.74) is 1.81. The molecule has 108 valence electrons. The number of aromatic nitrogens is 1. The van der Waals surface area contributed by atoms with Crippen LogP contribution in [0.25, 0.3) is 0 Å². The fourth-order valence-electron chi connectivity index (χ4n) is 1.94. The first-order chi connectivity index (χ1) is 9.70. The van der Waals surface area contributed by atoms with Crippen molar-refractivity contribution in [3.05, 3.63) is 28.0 Å². The molecule has 1 saturated heterocycles. The summed E-state index contributed by atoms with van der Waals surface area (Å²) < 4.78 is 11.5. The number of halogens is 1. The molecule has 2 heterocycles. The molecule has 0 spiro atoms. The van der Waals surface area contributed by atoms with E-state index in [1.807, 2.05) is 13.0 Å². The molecule has 0 amide bonds. The minimum atomic E-state index is -0.0280. The molecule has 2 rings (SSSR count). The van der Waals surface area contributed by atoms with E-state index < -0.39 is 0 Å². The Morgan fingerprint density at radius 1 is 1.50 bits per heavy atom. The number of hydrogen-bond acceptors (Lipinski definition) is 4. The summed E-state index contributed by atoms with van der Waals surface area (Å²) in [4.78, 5) is 6.70. The van der Waals surface area contributed by atoms with Gasteiger partial charge in [0.1, 0.15) is 0 Å². The predicted octanol–water partition coefficient (Wildman–Crippen LogP) is 2.24. The number of methoxy groups -OCH3 is 1. The van der Waals surface area contributed by atoms with E-state index in [-0.39, 0.29) is 6.10 Å². The Labute approximate surface area is 128 Å². The minimum absolute atomic E-state index is 0.0280. The van der Waals surface area contributed by atoms with Gasteiger partial charge in [-0.2, -0.15) is 0 Å². The van der Waals surface area contributed by atoms with E-state index in [1.165, 1.54) is 0 Å². The zero-order valence-electron chi connectivity index (χ0n) is 11.9. The summed E-state index contributed by atoms with van der Waals surface area (Å²) in [6.07, 6.45) is 1.77. The van der Waals surface area contributed by atoms with Crippen molar-refractivity contribution in [3.63, 3.8) is 0 Å². The molecule has 1 atom stereocenters. The van der Waals surface area contributed by atoms with Crippen LogP contribution in [-0.4, -0.2) is 49.8 Å². The van der Waals surface area contributed by atoms with E-state index in [9.17, 15) is 0 Å². The molecular weight excluding hydrogens is 320 g/mol. The summed E-state index contributed by atoms with van der Waals surface area (Å²) in [6.45, 7) is 6.27. The van der Waals surface area contributed by atoms with Crippen LogP contribution in [0.3, 0.4) is 0 Å². The van der Waals surface area contributed by atoms with Crippen LogP contribution in [0.15, 0.2) is 16.7 Å². The van der Waals surface area contributed by atoms with Crippen LogP contribution in [0.1, 0.15) is 24.3 Å². The van der Waals surface area contributed by atoms with Crippen molar-refractivity contribution >= 4 is 15.9 Å². The van der Waals surface area contributed by atoms with Crippen molar-refractivity contribution in [2.75, 3.05) is 40.0 Å². The first-order valence-electron chi connectivity index (χ1n) is 6.68. The SMILES string of the molecule is COC(C)c1ncc(C#CCN2CCOCC2)cc1Br. The molecule has 0 aliphatic carbocycles. The number of ether oxygens (including phenoxy) is 2.